The fourth-order valence-corrected chi connectivity index (χ4v) is 0.972. The molecule has 0 radical (unpaired) electrons. The number of aryl methyl sites for hydroxylation is 1. The first kappa shape index (κ1) is 9.73. The van der Waals surface area contributed by atoms with E-state index in [1.165, 1.54) is 0 Å². The van der Waals surface area contributed by atoms with Gasteiger partial charge in [0.05, 0.1) is 11.9 Å². The van der Waals surface area contributed by atoms with Crippen LogP contribution in [-0.2, 0) is 11.8 Å². The van der Waals surface area contributed by atoms with Gasteiger partial charge in [-0.05, 0) is 13.0 Å². The summed E-state index contributed by atoms with van der Waals surface area (Å²) in [7, 11) is 1.80. The molecule has 5 nitrogen and oxygen atoms in total. The standard InChI is InChI=1S/C8H14N4O/c1-12-6-7(5-10-12)11-8(13)3-2-4-9/h5-6H,2-4,9H2,1H3,(H,11,13). The van der Waals surface area contributed by atoms with Crippen LogP contribution in [0.25, 0.3) is 0 Å². The number of nitrogens with zero attached hydrogens (tertiary/aromatic N) is 2. The number of carbonyl (C=O) groups is 1. The molecule has 1 amide bonds. The lowest BCUT2D eigenvalue weighted by molar-refractivity contribution is -0.116. The van der Waals surface area contributed by atoms with Gasteiger partial charge in [0.15, 0.2) is 0 Å². The second-order valence-corrected chi connectivity index (χ2v) is 2.84. The fourth-order valence-electron chi connectivity index (χ4n) is 0.972. The Hall–Kier alpha value is -1.36. The van der Waals surface area contributed by atoms with Gasteiger partial charge in [0.25, 0.3) is 0 Å². The van der Waals surface area contributed by atoms with E-state index in [-0.39, 0.29) is 5.91 Å². The van der Waals surface area contributed by atoms with Crippen molar-refractivity contribution in [2.75, 3.05) is 11.9 Å². The van der Waals surface area contributed by atoms with Crippen molar-refractivity contribution in [1.29, 1.82) is 0 Å². The number of hydrogen-bond donors (Lipinski definition) is 2. The van der Waals surface area contributed by atoms with Crippen molar-refractivity contribution in [3.8, 4) is 0 Å². The second-order valence-electron chi connectivity index (χ2n) is 2.84. The molecule has 1 heterocycles. The van der Waals surface area contributed by atoms with Crippen molar-refractivity contribution in [2.24, 2.45) is 12.8 Å². The molecule has 0 unspecified atom stereocenters. The average molecular weight is 182 g/mol. The van der Waals surface area contributed by atoms with E-state index in [9.17, 15) is 4.79 Å². The molecule has 13 heavy (non-hydrogen) atoms. The first-order valence-corrected chi connectivity index (χ1v) is 4.21. The van der Waals surface area contributed by atoms with Crippen LogP contribution in [0, 0.1) is 0 Å². The molecule has 0 aliphatic rings. The van der Waals surface area contributed by atoms with Gasteiger partial charge >= 0.3 is 0 Å². The largest absolute Gasteiger partial charge is 0.330 e. The number of amides is 1. The molecule has 0 aliphatic heterocycles. The number of nitrogens with two attached hydrogens (primary N) is 1. The third kappa shape index (κ3) is 3.25. The summed E-state index contributed by atoms with van der Waals surface area (Å²) in [6, 6.07) is 0. The highest BCUT2D eigenvalue weighted by Gasteiger charge is 2.02. The molecule has 1 aromatic rings. The van der Waals surface area contributed by atoms with Crippen LogP contribution < -0.4 is 11.1 Å². The Morgan fingerprint density at radius 1 is 1.77 bits per heavy atom. The van der Waals surface area contributed by atoms with E-state index in [1.54, 1.807) is 24.1 Å². The van der Waals surface area contributed by atoms with Gasteiger partial charge in [-0.1, -0.05) is 0 Å². The number of rotatable bonds is 4. The Balaban J connectivity index is 2.36. The smallest absolute Gasteiger partial charge is 0.224 e. The van der Waals surface area contributed by atoms with Crippen LogP contribution in [0.4, 0.5) is 5.69 Å². The molecule has 72 valence electrons. The summed E-state index contributed by atoms with van der Waals surface area (Å²) >= 11 is 0. The van der Waals surface area contributed by atoms with Gasteiger partial charge in [0.1, 0.15) is 0 Å². The van der Waals surface area contributed by atoms with Crippen molar-refractivity contribution in [1.82, 2.24) is 9.78 Å². The fraction of sp³-hybridized carbons (Fsp3) is 0.500. The van der Waals surface area contributed by atoms with Crippen molar-refractivity contribution >= 4 is 11.6 Å². The third-order valence-electron chi connectivity index (χ3n) is 1.60. The summed E-state index contributed by atoms with van der Waals surface area (Å²) in [6.07, 6.45) is 4.54. The first-order chi connectivity index (χ1) is 6.22. The Kier molecular flexibility index (Phi) is 3.45. The lowest BCUT2D eigenvalue weighted by Gasteiger charge is -1.99. The normalized spacial score (nSPS) is 10.0. The summed E-state index contributed by atoms with van der Waals surface area (Å²) in [5.41, 5.74) is 6.00. The molecule has 0 atom stereocenters. The summed E-state index contributed by atoms with van der Waals surface area (Å²) in [5.74, 6) is -0.0153. The quantitative estimate of drug-likeness (QED) is 0.693. The Labute approximate surface area is 76.9 Å². The maximum absolute atomic E-state index is 11.2. The number of anilines is 1. The van der Waals surface area contributed by atoms with Crippen molar-refractivity contribution in [3.63, 3.8) is 0 Å². The lowest BCUT2D eigenvalue weighted by atomic mass is 10.3. The van der Waals surface area contributed by atoms with Crippen LogP contribution in [0.5, 0.6) is 0 Å². The molecule has 0 aliphatic carbocycles. The first-order valence-electron chi connectivity index (χ1n) is 4.21. The Bertz CT molecular complexity index is 281. The summed E-state index contributed by atoms with van der Waals surface area (Å²) in [6.45, 7) is 0.542. The highest BCUT2D eigenvalue weighted by molar-refractivity contribution is 5.90. The van der Waals surface area contributed by atoms with E-state index >= 15 is 0 Å². The molecule has 1 rings (SSSR count). The van der Waals surface area contributed by atoms with Gasteiger partial charge in [-0.25, -0.2) is 0 Å². The van der Waals surface area contributed by atoms with Crippen LogP contribution in [-0.4, -0.2) is 22.2 Å². The number of carbonyl (C=O) groups excluding carboxylic acids is 1. The molecule has 0 aromatic carbocycles. The van der Waals surface area contributed by atoms with Crippen LogP contribution in [0.3, 0.4) is 0 Å². The molecule has 3 N–H and O–H groups in total. The molecule has 5 heteroatoms. The van der Waals surface area contributed by atoms with Crippen LogP contribution in [0.15, 0.2) is 12.4 Å². The molecule has 0 fully saturated rings. The van der Waals surface area contributed by atoms with E-state index in [4.69, 9.17) is 5.73 Å². The molecule has 1 aromatic heterocycles. The molecule has 0 spiro atoms. The molecular weight excluding hydrogens is 168 g/mol. The number of hydrogen-bond acceptors (Lipinski definition) is 3. The van der Waals surface area contributed by atoms with Gasteiger partial charge < -0.3 is 11.1 Å². The second kappa shape index (κ2) is 4.61. The lowest BCUT2D eigenvalue weighted by Crippen LogP contribution is -2.12. The predicted molar refractivity (Wildman–Crippen MR) is 50.1 cm³/mol. The maximum atomic E-state index is 11.2. The van der Waals surface area contributed by atoms with Crippen molar-refractivity contribution in [2.45, 2.75) is 12.8 Å². The molecule has 0 saturated carbocycles. The summed E-state index contributed by atoms with van der Waals surface area (Å²) < 4.78 is 1.64. The monoisotopic (exact) mass is 182 g/mol. The van der Waals surface area contributed by atoms with Gasteiger partial charge in [0.2, 0.25) is 5.91 Å². The molecular formula is C8H14N4O. The zero-order valence-electron chi connectivity index (χ0n) is 7.66. The van der Waals surface area contributed by atoms with E-state index < -0.39 is 0 Å². The zero-order chi connectivity index (χ0) is 9.68. The van der Waals surface area contributed by atoms with Crippen LogP contribution in [0.1, 0.15) is 12.8 Å². The maximum Gasteiger partial charge on any atom is 0.224 e. The summed E-state index contributed by atoms with van der Waals surface area (Å²) in [5, 5.41) is 6.65. The van der Waals surface area contributed by atoms with Gasteiger partial charge in [-0.15, -0.1) is 0 Å². The highest BCUT2D eigenvalue weighted by Crippen LogP contribution is 2.04. The minimum absolute atomic E-state index is 0.0153. The van der Waals surface area contributed by atoms with Gasteiger partial charge in [-0.2, -0.15) is 5.10 Å². The zero-order valence-corrected chi connectivity index (χ0v) is 7.66. The minimum Gasteiger partial charge on any atom is -0.330 e. The predicted octanol–water partition coefficient (Wildman–Crippen LogP) is 0.0975. The molecule has 0 bridgehead atoms. The third-order valence-corrected chi connectivity index (χ3v) is 1.60. The Morgan fingerprint density at radius 2 is 2.54 bits per heavy atom. The summed E-state index contributed by atoms with van der Waals surface area (Å²) in [4.78, 5) is 11.2. The SMILES string of the molecule is Cn1cc(NC(=O)CCCN)cn1. The van der Waals surface area contributed by atoms with Crippen molar-refractivity contribution < 1.29 is 4.79 Å². The van der Waals surface area contributed by atoms with E-state index in [2.05, 4.69) is 10.4 Å². The average Bonchev–Trinajstić information content (AvgIpc) is 2.48. The number of aromatic nitrogens is 2. The van der Waals surface area contributed by atoms with Crippen LogP contribution in [0.2, 0.25) is 0 Å². The number of nitrogens with one attached hydrogen (secondary N) is 1. The van der Waals surface area contributed by atoms with Gasteiger partial charge in [0, 0.05) is 19.7 Å². The minimum atomic E-state index is -0.0153. The van der Waals surface area contributed by atoms with Gasteiger partial charge in [-0.3, -0.25) is 9.48 Å². The van der Waals surface area contributed by atoms with Crippen LogP contribution >= 0.6 is 0 Å². The van der Waals surface area contributed by atoms with Crippen molar-refractivity contribution in [3.05, 3.63) is 12.4 Å². The van der Waals surface area contributed by atoms with E-state index in [1.807, 2.05) is 0 Å². The van der Waals surface area contributed by atoms with E-state index in [0.717, 1.165) is 5.69 Å². The molecule has 0 saturated heterocycles. The highest BCUT2D eigenvalue weighted by atomic mass is 16.1. The topological polar surface area (TPSA) is 72.9 Å². The van der Waals surface area contributed by atoms with E-state index in [0.29, 0.717) is 19.4 Å². The Morgan fingerprint density at radius 3 is 3.08 bits per heavy atom.